The highest BCUT2D eigenvalue weighted by Gasteiger charge is 2.15. The lowest BCUT2D eigenvalue weighted by Crippen LogP contribution is -2.12. The van der Waals surface area contributed by atoms with Crippen molar-refractivity contribution >= 4 is 0 Å². The molecule has 1 aliphatic rings. The third-order valence-corrected chi connectivity index (χ3v) is 3.45. The third-order valence-electron chi connectivity index (χ3n) is 3.45. The standard InChI is InChI=1S/C16H25NO3/c1-2-8-18-15-6-5-13(12-17)16(11-15)20-10-7-14-4-3-9-19-14/h5-6,11,14H,2-4,7-10,12,17H2,1H3. The predicted molar refractivity (Wildman–Crippen MR) is 79.2 cm³/mol. The fourth-order valence-electron chi connectivity index (χ4n) is 2.32. The molecule has 1 aliphatic heterocycles. The zero-order valence-corrected chi connectivity index (χ0v) is 12.3. The van der Waals surface area contributed by atoms with Crippen LogP contribution in [0, 0.1) is 0 Å². The summed E-state index contributed by atoms with van der Waals surface area (Å²) in [5, 5.41) is 0. The van der Waals surface area contributed by atoms with Crippen LogP contribution in [0.4, 0.5) is 0 Å². The molecule has 2 rings (SSSR count). The lowest BCUT2D eigenvalue weighted by molar-refractivity contribution is 0.0902. The molecule has 0 aromatic heterocycles. The van der Waals surface area contributed by atoms with Crippen molar-refractivity contribution in [2.45, 2.75) is 45.3 Å². The Hall–Kier alpha value is -1.26. The van der Waals surface area contributed by atoms with Gasteiger partial charge in [0.05, 0.1) is 19.3 Å². The summed E-state index contributed by atoms with van der Waals surface area (Å²) in [6.07, 6.45) is 4.60. The van der Waals surface area contributed by atoms with Gasteiger partial charge in [0.25, 0.3) is 0 Å². The summed E-state index contributed by atoms with van der Waals surface area (Å²) < 4.78 is 17.1. The Morgan fingerprint density at radius 2 is 2.20 bits per heavy atom. The fraction of sp³-hybridized carbons (Fsp3) is 0.625. The topological polar surface area (TPSA) is 53.7 Å². The van der Waals surface area contributed by atoms with E-state index in [1.165, 1.54) is 6.42 Å². The van der Waals surface area contributed by atoms with E-state index in [0.717, 1.165) is 49.5 Å². The second kappa shape index (κ2) is 8.12. The second-order valence-electron chi connectivity index (χ2n) is 5.09. The van der Waals surface area contributed by atoms with Crippen LogP contribution in [0.1, 0.15) is 38.2 Å². The molecule has 1 unspecified atom stereocenters. The summed E-state index contributed by atoms with van der Waals surface area (Å²) in [5.41, 5.74) is 6.76. The van der Waals surface area contributed by atoms with Crippen molar-refractivity contribution in [3.05, 3.63) is 23.8 Å². The van der Waals surface area contributed by atoms with E-state index in [1.807, 2.05) is 18.2 Å². The SMILES string of the molecule is CCCOc1ccc(CN)c(OCCC2CCCO2)c1. The molecular formula is C16H25NO3. The van der Waals surface area contributed by atoms with Crippen LogP contribution < -0.4 is 15.2 Å². The lowest BCUT2D eigenvalue weighted by atomic mass is 10.2. The molecule has 1 atom stereocenters. The lowest BCUT2D eigenvalue weighted by Gasteiger charge is -2.14. The van der Waals surface area contributed by atoms with Gasteiger partial charge in [0.15, 0.2) is 0 Å². The Balaban J connectivity index is 1.89. The highest BCUT2D eigenvalue weighted by molar-refractivity contribution is 5.40. The van der Waals surface area contributed by atoms with E-state index in [1.54, 1.807) is 0 Å². The van der Waals surface area contributed by atoms with Gasteiger partial charge in [0.1, 0.15) is 11.5 Å². The number of nitrogens with two attached hydrogens (primary N) is 1. The molecule has 2 N–H and O–H groups in total. The molecule has 20 heavy (non-hydrogen) atoms. The van der Waals surface area contributed by atoms with Gasteiger partial charge >= 0.3 is 0 Å². The zero-order chi connectivity index (χ0) is 14.2. The Morgan fingerprint density at radius 1 is 1.30 bits per heavy atom. The molecule has 1 heterocycles. The van der Waals surface area contributed by atoms with Crippen LogP contribution in [0.2, 0.25) is 0 Å². The normalized spacial score (nSPS) is 18.2. The first-order chi connectivity index (χ1) is 9.83. The van der Waals surface area contributed by atoms with Crippen LogP contribution in [0.15, 0.2) is 18.2 Å². The molecule has 1 saturated heterocycles. The van der Waals surface area contributed by atoms with Gasteiger partial charge in [-0.05, 0) is 25.3 Å². The Kier molecular flexibility index (Phi) is 6.15. The first-order valence-electron chi connectivity index (χ1n) is 7.53. The first kappa shape index (κ1) is 15.1. The van der Waals surface area contributed by atoms with Gasteiger partial charge in [-0.1, -0.05) is 13.0 Å². The molecule has 0 amide bonds. The average molecular weight is 279 g/mol. The molecule has 0 saturated carbocycles. The molecule has 4 nitrogen and oxygen atoms in total. The van der Waals surface area contributed by atoms with Gasteiger partial charge in [-0.3, -0.25) is 0 Å². The quantitative estimate of drug-likeness (QED) is 0.795. The van der Waals surface area contributed by atoms with Crippen LogP contribution in [0.5, 0.6) is 11.5 Å². The predicted octanol–water partition coefficient (Wildman–Crippen LogP) is 2.88. The Labute approximate surface area is 121 Å². The largest absolute Gasteiger partial charge is 0.493 e. The van der Waals surface area contributed by atoms with E-state index in [-0.39, 0.29) is 0 Å². The average Bonchev–Trinajstić information content (AvgIpc) is 2.98. The monoisotopic (exact) mass is 279 g/mol. The summed E-state index contributed by atoms with van der Waals surface area (Å²) in [4.78, 5) is 0. The van der Waals surface area contributed by atoms with Gasteiger partial charge in [0, 0.05) is 31.2 Å². The number of ether oxygens (including phenoxy) is 3. The number of benzene rings is 1. The molecular weight excluding hydrogens is 254 g/mol. The summed E-state index contributed by atoms with van der Waals surface area (Å²) >= 11 is 0. The van der Waals surface area contributed by atoms with Crippen LogP contribution >= 0.6 is 0 Å². The maximum absolute atomic E-state index is 5.87. The Morgan fingerprint density at radius 3 is 2.90 bits per heavy atom. The van der Waals surface area contributed by atoms with Crippen molar-refractivity contribution in [1.82, 2.24) is 0 Å². The van der Waals surface area contributed by atoms with Gasteiger partial charge in [0.2, 0.25) is 0 Å². The smallest absolute Gasteiger partial charge is 0.127 e. The van der Waals surface area contributed by atoms with Crippen molar-refractivity contribution < 1.29 is 14.2 Å². The maximum Gasteiger partial charge on any atom is 0.127 e. The van der Waals surface area contributed by atoms with Crippen molar-refractivity contribution in [3.8, 4) is 11.5 Å². The highest BCUT2D eigenvalue weighted by Crippen LogP contribution is 2.25. The molecule has 1 fully saturated rings. The van der Waals surface area contributed by atoms with E-state index >= 15 is 0 Å². The summed E-state index contributed by atoms with van der Waals surface area (Å²) in [6, 6.07) is 5.87. The van der Waals surface area contributed by atoms with Crippen molar-refractivity contribution in [2.24, 2.45) is 5.73 Å². The summed E-state index contributed by atoms with van der Waals surface area (Å²) in [7, 11) is 0. The number of hydrogen-bond acceptors (Lipinski definition) is 4. The van der Waals surface area contributed by atoms with Crippen molar-refractivity contribution in [3.63, 3.8) is 0 Å². The van der Waals surface area contributed by atoms with Crippen LogP contribution in [0.3, 0.4) is 0 Å². The number of hydrogen-bond donors (Lipinski definition) is 1. The van der Waals surface area contributed by atoms with Crippen LogP contribution in [-0.4, -0.2) is 25.9 Å². The van der Waals surface area contributed by atoms with Crippen molar-refractivity contribution in [1.29, 1.82) is 0 Å². The molecule has 0 aliphatic carbocycles. The maximum atomic E-state index is 5.87. The molecule has 0 bridgehead atoms. The molecule has 112 valence electrons. The van der Waals surface area contributed by atoms with E-state index in [4.69, 9.17) is 19.9 Å². The van der Waals surface area contributed by atoms with E-state index in [9.17, 15) is 0 Å². The summed E-state index contributed by atoms with van der Waals surface area (Å²) in [5.74, 6) is 1.68. The van der Waals surface area contributed by atoms with Gasteiger partial charge in [-0.25, -0.2) is 0 Å². The molecule has 1 aromatic carbocycles. The highest BCUT2D eigenvalue weighted by atomic mass is 16.5. The first-order valence-corrected chi connectivity index (χ1v) is 7.53. The zero-order valence-electron chi connectivity index (χ0n) is 12.3. The summed E-state index contributed by atoms with van der Waals surface area (Å²) in [6.45, 7) is 4.84. The van der Waals surface area contributed by atoms with Crippen molar-refractivity contribution in [2.75, 3.05) is 19.8 Å². The third kappa shape index (κ3) is 4.39. The minimum Gasteiger partial charge on any atom is -0.493 e. The Bertz CT molecular complexity index is 403. The van der Waals surface area contributed by atoms with Crippen LogP contribution in [-0.2, 0) is 11.3 Å². The number of rotatable bonds is 8. The van der Waals surface area contributed by atoms with Gasteiger partial charge < -0.3 is 19.9 Å². The molecule has 0 spiro atoms. The molecule has 1 aromatic rings. The fourth-order valence-corrected chi connectivity index (χ4v) is 2.32. The van der Waals surface area contributed by atoms with E-state index in [2.05, 4.69) is 6.92 Å². The molecule has 4 heteroatoms. The van der Waals surface area contributed by atoms with Gasteiger partial charge in [-0.2, -0.15) is 0 Å². The minimum atomic E-state index is 0.357. The molecule has 0 radical (unpaired) electrons. The van der Waals surface area contributed by atoms with E-state index in [0.29, 0.717) is 19.3 Å². The second-order valence-corrected chi connectivity index (χ2v) is 5.09. The minimum absolute atomic E-state index is 0.357. The van der Waals surface area contributed by atoms with E-state index < -0.39 is 0 Å². The van der Waals surface area contributed by atoms with Gasteiger partial charge in [-0.15, -0.1) is 0 Å². The van der Waals surface area contributed by atoms with Crippen LogP contribution in [0.25, 0.3) is 0 Å².